The summed E-state index contributed by atoms with van der Waals surface area (Å²) in [5, 5.41) is 10.6. The van der Waals surface area contributed by atoms with E-state index >= 15 is 0 Å². The zero-order chi connectivity index (χ0) is 14.7. The van der Waals surface area contributed by atoms with Crippen LogP contribution in [0.15, 0.2) is 22.7 Å². The molecule has 2 aromatic heterocycles. The molecule has 1 unspecified atom stereocenters. The van der Waals surface area contributed by atoms with E-state index in [9.17, 15) is 0 Å². The quantitative estimate of drug-likeness (QED) is 0.871. The third-order valence-electron chi connectivity index (χ3n) is 3.73. The molecule has 1 atom stereocenters. The summed E-state index contributed by atoms with van der Waals surface area (Å²) in [6, 6.07) is 3.92. The minimum atomic E-state index is 0.255. The number of likely N-dealkylation sites (N-methyl/N-ethyl adjacent to an activating group) is 1. The van der Waals surface area contributed by atoms with Gasteiger partial charge < -0.3 is 19.4 Å². The van der Waals surface area contributed by atoms with Gasteiger partial charge in [-0.25, -0.2) is 0 Å². The first kappa shape index (κ1) is 14.3. The van der Waals surface area contributed by atoms with Crippen molar-refractivity contribution in [2.45, 2.75) is 19.6 Å². The van der Waals surface area contributed by atoms with Crippen LogP contribution in [0.1, 0.15) is 11.3 Å². The Balaban J connectivity index is 1.55. The van der Waals surface area contributed by atoms with Gasteiger partial charge in [0, 0.05) is 31.7 Å². The molecule has 0 amide bonds. The van der Waals surface area contributed by atoms with Gasteiger partial charge in [0.25, 0.3) is 0 Å². The van der Waals surface area contributed by atoms with Crippen molar-refractivity contribution in [1.82, 2.24) is 20.4 Å². The van der Waals surface area contributed by atoms with Gasteiger partial charge in [-0.2, -0.15) is 5.10 Å². The molecule has 0 bridgehead atoms. The van der Waals surface area contributed by atoms with Gasteiger partial charge in [-0.15, -0.1) is 0 Å². The molecule has 1 aliphatic rings. The average Bonchev–Trinajstić information content (AvgIpc) is 3.07. The van der Waals surface area contributed by atoms with Crippen molar-refractivity contribution >= 4 is 0 Å². The number of nitrogens with zero attached hydrogens (tertiary/aromatic N) is 2. The monoisotopic (exact) mass is 290 g/mol. The number of H-pyrrole nitrogens is 1. The van der Waals surface area contributed by atoms with E-state index in [2.05, 4.69) is 27.5 Å². The Morgan fingerprint density at radius 1 is 1.48 bits per heavy atom. The van der Waals surface area contributed by atoms with Gasteiger partial charge in [0.05, 0.1) is 18.9 Å². The lowest BCUT2D eigenvalue weighted by molar-refractivity contribution is -0.0182. The molecule has 2 N–H and O–H groups in total. The van der Waals surface area contributed by atoms with Crippen molar-refractivity contribution in [1.29, 1.82) is 0 Å². The van der Waals surface area contributed by atoms with Gasteiger partial charge in [0.2, 0.25) is 0 Å². The molecule has 21 heavy (non-hydrogen) atoms. The van der Waals surface area contributed by atoms with Crippen LogP contribution in [0.5, 0.6) is 0 Å². The lowest BCUT2D eigenvalue weighted by atomic mass is 10.2. The predicted molar refractivity (Wildman–Crippen MR) is 80.0 cm³/mol. The Kier molecular flexibility index (Phi) is 4.38. The molecule has 3 heterocycles. The summed E-state index contributed by atoms with van der Waals surface area (Å²) in [5.41, 5.74) is 2.05. The fourth-order valence-electron chi connectivity index (χ4n) is 2.59. The zero-order valence-electron chi connectivity index (χ0n) is 12.6. The number of hydrogen-bond donors (Lipinski definition) is 2. The van der Waals surface area contributed by atoms with Crippen molar-refractivity contribution in [2.24, 2.45) is 0 Å². The van der Waals surface area contributed by atoms with Gasteiger partial charge >= 0.3 is 0 Å². The fraction of sp³-hybridized carbons (Fsp3) is 0.533. The summed E-state index contributed by atoms with van der Waals surface area (Å²) >= 11 is 0. The summed E-state index contributed by atoms with van der Waals surface area (Å²) in [6.07, 6.45) is 2.10. The van der Waals surface area contributed by atoms with E-state index in [0.29, 0.717) is 0 Å². The molecule has 0 aliphatic carbocycles. The standard InChI is InChI=1S/C15H22N4O2/c1-11-3-4-14(21-11)15-12(8-17-18-15)7-16-9-13-10-19(2)5-6-20-13/h3-4,8,13,16H,5-7,9-10H2,1-2H3,(H,17,18). The number of rotatable bonds is 5. The third-order valence-corrected chi connectivity index (χ3v) is 3.73. The SMILES string of the molecule is Cc1ccc(-c2[nH]ncc2CNCC2CN(C)CCO2)o1. The van der Waals surface area contributed by atoms with Crippen LogP contribution in [0.4, 0.5) is 0 Å². The summed E-state index contributed by atoms with van der Waals surface area (Å²) in [6.45, 7) is 6.32. The Morgan fingerprint density at radius 3 is 3.14 bits per heavy atom. The fourth-order valence-corrected chi connectivity index (χ4v) is 2.59. The highest BCUT2D eigenvalue weighted by atomic mass is 16.5. The van der Waals surface area contributed by atoms with E-state index in [1.165, 1.54) is 0 Å². The molecule has 2 aromatic rings. The number of aryl methyl sites for hydroxylation is 1. The van der Waals surface area contributed by atoms with Crippen molar-refractivity contribution in [3.05, 3.63) is 29.7 Å². The van der Waals surface area contributed by atoms with Crippen LogP contribution >= 0.6 is 0 Å². The minimum absolute atomic E-state index is 0.255. The number of aromatic nitrogens is 2. The second-order valence-corrected chi connectivity index (χ2v) is 5.57. The molecular formula is C15H22N4O2. The molecule has 1 aliphatic heterocycles. The average molecular weight is 290 g/mol. The molecule has 0 aromatic carbocycles. The number of ether oxygens (including phenoxy) is 1. The molecule has 0 saturated carbocycles. The topological polar surface area (TPSA) is 66.3 Å². The Morgan fingerprint density at radius 2 is 2.38 bits per heavy atom. The molecule has 1 saturated heterocycles. The smallest absolute Gasteiger partial charge is 0.152 e. The maximum Gasteiger partial charge on any atom is 0.152 e. The van der Waals surface area contributed by atoms with E-state index in [-0.39, 0.29) is 6.10 Å². The van der Waals surface area contributed by atoms with E-state index in [1.54, 1.807) is 0 Å². The maximum atomic E-state index is 5.74. The van der Waals surface area contributed by atoms with Crippen molar-refractivity contribution < 1.29 is 9.15 Å². The van der Waals surface area contributed by atoms with Gasteiger partial charge in [-0.05, 0) is 26.1 Å². The maximum absolute atomic E-state index is 5.74. The van der Waals surface area contributed by atoms with E-state index < -0.39 is 0 Å². The van der Waals surface area contributed by atoms with Crippen LogP contribution in [0.25, 0.3) is 11.5 Å². The highest BCUT2D eigenvalue weighted by Crippen LogP contribution is 2.23. The number of aromatic amines is 1. The van der Waals surface area contributed by atoms with Gasteiger partial charge in [-0.1, -0.05) is 0 Å². The van der Waals surface area contributed by atoms with Gasteiger partial charge in [-0.3, -0.25) is 5.10 Å². The van der Waals surface area contributed by atoms with E-state index in [4.69, 9.17) is 9.15 Å². The lowest BCUT2D eigenvalue weighted by Gasteiger charge is -2.30. The Hall–Kier alpha value is -1.63. The van der Waals surface area contributed by atoms with Gasteiger partial charge in [0.1, 0.15) is 11.5 Å². The number of hydrogen-bond acceptors (Lipinski definition) is 5. The van der Waals surface area contributed by atoms with E-state index in [0.717, 1.165) is 55.6 Å². The van der Waals surface area contributed by atoms with Gasteiger partial charge in [0.15, 0.2) is 5.76 Å². The minimum Gasteiger partial charge on any atom is -0.460 e. The lowest BCUT2D eigenvalue weighted by Crippen LogP contribution is -2.44. The normalized spacial score (nSPS) is 20.0. The molecule has 0 radical (unpaired) electrons. The summed E-state index contributed by atoms with van der Waals surface area (Å²) in [5.74, 6) is 1.73. The molecule has 3 rings (SSSR count). The number of morpholine rings is 1. The molecule has 6 heteroatoms. The van der Waals surface area contributed by atoms with Crippen LogP contribution in [0.3, 0.4) is 0 Å². The Bertz CT molecular complexity index is 578. The number of nitrogens with one attached hydrogen (secondary N) is 2. The highest BCUT2D eigenvalue weighted by Gasteiger charge is 2.17. The van der Waals surface area contributed by atoms with Crippen LogP contribution in [-0.4, -0.2) is 54.5 Å². The summed E-state index contributed by atoms with van der Waals surface area (Å²) in [4.78, 5) is 2.30. The zero-order valence-corrected chi connectivity index (χ0v) is 12.6. The second-order valence-electron chi connectivity index (χ2n) is 5.57. The first-order chi connectivity index (χ1) is 10.2. The molecule has 0 spiro atoms. The predicted octanol–water partition coefficient (Wildman–Crippen LogP) is 1.40. The van der Waals surface area contributed by atoms with Crippen LogP contribution < -0.4 is 5.32 Å². The largest absolute Gasteiger partial charge is 0.460 e. The van der Waals surface area contributed by atoms with Crippen molar-refractivity contribution in [3.63, 3.8) is 0 Å². The van der Waals surface area contributed by atoms with E-state index in [1.807, 2.05) is 25.3 Å². The van der Waals surface area contributed by atoms with Crippen LogP contribution in [0.2, 0.25) is 0 Å². The third kappa shape index (κ3) is 3.53. The molecular weight excluding hydrogens is 268 g/mol. The number of furan rings is 1. The summed E-state index contributed by atoms with van der Waals surface area (Å²) < 4.78 is 11.4. The second kappa shape index (κ2) is 6.43. The summed E-state index contributed by atoms with van der Waals surface area (Å²) in [7, 11) is 2.13. The van der Waals surface area contributed by atoms with Crippen LogP contribution in [0, 0.1) is 6.92 Å². The highest BCUT2D eigenvalue weighted by molar-refractivity contribution is 5.56. The molecule has 114 valence electrons. The van der Waals surface area contributed by atoms with Crippen molar-refractivity contribution in [3.8, 4) is 11.5 Å². The molecule has 6 nitrogen and oxygen atoms in total. The van der Waals surface area contributed by atoms with Crippen molar-refractivity contribution in [2.75, 3.05) is 33.3 Å². The first-order valence-electron chi connectivity index (χ1n) is 7.32. The molecule has 1 fully saturated rings. The first-order valence-corrected chi connectivity index (χ1v) is 7.32. The Labute approximate surface area is 124 Å². The van der Waals surface area contributed by atoms with Crippen LogP contribution in [-0.2, 0) is 11.3 Å².